The molecule has 0 spiro atoms. The number of benzene rings is 2. The number of urea groups is 1. The van der Waals surface area contributed by atoms with Gasteiger partial charge in [-0.05, 0) is 48.5 Å². The summed E-state index contributed by atoms with van der Waals surface area (Å²) < 4.78 is 0. The lowest BCUT2D eigenvalue weighted by molar-refractivity contribution is 0.244. The zero-order valence-electron chi connectivity index (χ0n) is 11.4. The number of hydrazine groups is 2. The predicted molar refractivity (Wildman–Crippen MR) is 81.2 cm³/mol. The lowest BCUT2D eigenvalue weighted by atomic mass is 10.2. The molecule has 0 aromatic heterocycles. The summed E-state index contributed by atoms with van der Waals surface area (Å²) in [5.41, 5.74) is 12.6. The summed E-state index contributed by atoms with van der Waals surface area (Å²) in [6.07, 6.45) is 0. The first-order chi connectivity index (χ1) is 10.7. The number of carbonyl (C=O) groups is 1. The molecular formula is C15H12N6O. The maximum Gasteiger partial charge on any atom is 0.352 e. The Balaban J connectivity index is 1.77. The largest absolute Gasteiger partial charge is 0.352 e. The van der Waals surface area contributed by atoms with Crippen molar-refractivity contribution in [2.24, 2.45) is 0 Å². The van der Waals surface area contributed by atoms with Crippen LogP contribution in [0.25, 0.3) is 0 Å². The van der Waals surface area contributed by atoms with Crippen molar-refractivity contribution >= 4 is 17.4 Å². The second-order valence-electron chi connectivity index (χ2n) is 4.21. The minimum atomic E-state index is -0.492. The van der Waals surface area contributed by atoms with Gasteiger partial charge in [-0.1, -0.05) is 0 Å². The number of hydrogen-bond acceptors (Lipinski definition) is 5. The van der Waals surface area contributed by atoms with Crippen LogP contribution in [-0.4, -0.2) is 6.03 Å². The summed E-state index contributed by atoms with van der Waals surface area (Å²) >= 11 is 0. The Bertz CT molecular complexity index is 661. The lowest BCUT2D eigenvalue weighted by Crippen LogP contribution is -2.41. The van der Waals surface area contributed by atoms with Crippen molar-refractivity contribution in [3.8, 4) is 12.1 Å². The molecule has 0 aliphatic carbocycles. The van der Waals surface area contributed by atoms with Gasteiger partial charge in [0.15, 0.2) is 0 Å². The van der Waals surface area contributed by atoms with Gasteiger partial charge < -0.3 is 0 Å². The van der Waals surface area contributed by atoms with E-state index in [0.717, 1.165) is 0 Å². The van der Waals surface area contributed by atoms with Gasteiger partial charge in [-0.3, -0.25) is 21.7 Å². The number of nitriles is 2. The molecule has 7 heteroatoms. The fourth-order valence-corrected chi connectivity index (χ4v) is 1.55. The van der Waals surface area contributed by atoms with Gasteiger partial charge in [-0.25, -0.2) is 4.79 Å². The van der Waals surface area contributed by atoms with E-state index in [2.05, 4.69) is 21.7 Å². The summed E-state index contributed by atoms with van der Waals surface area (Å²) in [6, 6.07) is 16.8. The quantitative estimate of drug-likeness (QED) is 0.644. The van der Waals surface area contributed by atoms with Gasteiger partial charge in [0.05, 0.1) is 34.6 Å². The first-order valence-corrected chi connectivity index (χ1v) is 6.29. The van der Waals surface area contributed by atoms with Crippen LogP contribution in [0.15, 0.2) is 48.5 Å². The van der Waals surface area contributed by atoms with Crippen LogP contribution in [0.1, 0.15) is 11.1 Å². The average molecular weight is 292 g/mol. The molecule has 0 heterocycles. The number of nitrogens with zero attached hydrogens (tertiary/aromatic N) is 2. The van der Waals surface area contributed by atoms with Gasteiger partial charge in [0.2, 0.25) is 0 Å². The SMILES string of the molecule is N#Cc1ccc(NNC(=O)NNc2ccc(C#N)cc2)cc1. The Morgan fingerprint density at radius 1 is 0.727 bits per heavy atom. The number of amides is 2. The molecule has 2 rings (SSSR count). The van der Waals surface area contributed by atoms with Crippen LogP contribution >= 0.6 is 0 Å². The molecule has 0 saturated carbocycles. The van der Waals surface area contributed by atoms with Gasteiger partial charge in [0.25, 0.3) is 0 Å². The number of carbonyl (C=O) groups excluding carboxylic acids is 1. The minimum absolute atomic E-state index is 0.492. The second-order valence-corrected chi connectivity index (χ2v) is 4.21. The van der Waals surface area contributed by atoms with Crippen LogP contribution in [0.5, 0.6) is 0 Å². The zero-order valence-corrected chi connectivity index (χ0v) is 11.4. The van der Waals surface area contributed by atoms with Crippen LogP contribution in [-0.2, 0) is 0 Å². The van der Waals surface area contributed by atoms with Gasteiger partial charge in [0.1, 0.15) is 0 Å². The lowest BCUT2D eigenvalue weighted by Gasteiger charge is -2.11. The van der Waals surface area contributed by atoms with Crippen LogP contribution in [0.3, 0.4) is 0 Å². The molecule has 4 N–H and O–H groups in total. The first-order valence-electron chi connectivity index (χ1n) is 6.29. The van der Waals surface area contributed by atoms with E-state index >= 15 is 0 Å². The zero-order chi connectivity index (χ0) is 15.8. The van der Waals surface area contributed by atoms with Crippen LogP contribution in [0.2, 0.25) is 0 Å². The Morgan fingerprint density at radius 3 is 1.41 bits per heavy atom. The monoisotopic (exact) mass is 292 g/mol. The molecule has 0 unspecified atom stereocenters. The summed E-state index contributed by atoms with van der Waals surface area (Å²) in [7, 11) is 0. The molecule has 0 fully saturated rings. The van der Waals surface area contributed by atoms with E-state index in [1.807, 2.05) is 12.1 Å². The molecule has 0 atom stereocenters. The van der Waals surface area contributed by atoms with Crippen molar-refractivity contribution in [3.63, 3.8) is 0 Å². The number of hydrogen-bond donors (Lipinski definition) is 4. The number of anilines is 2. The standard InChI is InChI=1S/C15H12N6O/c16-9-11-1-5-13(6-2-11)18-20-15(22)21-19-14-7-3-12(10-17)4-8-14/h1-8,18-19H,(H2,20,21,22). The van der Waals surface area contributed by atoms with Gasteiger partial charge >= 0.3 is 6.03 Å². The van der Waals surface area contributed by atoms with E-state index in [1.54, 1.807) is 48.5 Å². The number of nitrogens with one attached hydrogen (secondary N) is 4. The third kappa shape index (κ3) is 4.15. The fourth-order valence-electron chi connectivity index (χ4n) is 1.55. The maximum absolute atomic E-state index is 11.6. The van der Waals surface area contributed by atoms with Crippen molar-refractivity contribution in [1.29, 1.82) is 10.5 Å². The molecule has 2 aromatic rings. The molecular weight excluding hydrogens is 280 g/mol. The molecule has 0 saturated heterocycles. The van der Waals surface area contributed by atoms with Crippen molar-refractivity contribution in [2.45, 2.75) is 0 Å². The highest BCUT2D eigenvalue weighted by atomic mass is 16.2. The fraction of sp³-hybridized carbons (Fsp3) is 0. The van der Waals surface area contributed by atoms with E-state index < -0.39 is 6.03 Å². The summed E-state index contributed by atoms with van der Waals surface area (Å²) in [4.78, 5) is 11.6. The van der Waals surface area contributed by atoms with Crippen molar-refractivity contribution in [3.05, 3.63) is 59.7 Å². The Hall–Kier alpha value is -3.71. The average Bonchev–Trinajstić information content (AvgIpc) is 2.59. The molecule has 108 valence electrons. The van der Waals surface area contributed by atoms with Crippen molar-refractivity contribution in [2.75, 3.05) is 10.9 Å². The molecule has 0 bridgehead atoms. The highest BCUT2D eigenvalue weighted by Crippen LogP contribution is 2.08. The van der Waals surface area contributed by atoms with Gasteiger partial charge in [0, 0.05) is 0 Å². The van der Waals surface area contributed by atoms with Crippen molar-refractivity contribution in [1.82, 2.24) is 10.9 Å². The van der Waals surface area contributed by atoms with Crippen LogP contribution < -0.4 is 21.7 Å². The molecule has 0 aliphatic rings. The molecule has 0 aliphatic heterocycles. The molecule has 7 nitrogen and oxygen atoms in total. The molecule has 22 heavy (non-hydrogen) atoms. The van der Waals surface area contributed by atoms with Gasteiger partial charge in [-0.2, -0.15) is 10.5 Å². The third-order valence-electron chi connectivity index (χ3n) is 2.67. The minimum Gasteiger partial charge on any atom is -0.297 e. The summed E-state index contributed by atoms with van der Waals surface area (Å²) in [5.74, 6) is 0. The Morgan fingerprint density at radius 2 is 1.09 bits per heavy atom. The van der Waals surface area contributed by atoms with E-state index in [9.17, 15) is 4.79 Å². The highest BCUT2D eigenvalue weighted by molar-refractivity contribution is 5.77. The Kier molecular flexibility index (Phi) is 4.79. The van der Waals surface area contributed by atoms with E-state index in [1.165, 1.54) is 0 Å². The normalized spacial score (nSPS) is 9.00. The first kappa shape index (κ1) is 14.7. The second kappa shape index (κ2) is 7.17. The molecule has 2 amide bonds. The highest BCUT2D eigenvalue weighted by Gasteiger charge is 2.00. The predicted octanol–water partition coefficient (Wildman–Crippen LogP) is 2.08. The van der Waals surface area contributed by atoms with Crippen LogP contribution in [0, 0.1) is 22.7 Å². The summed E-state index contributed by atoms with van der Waals surface area (Å²) in [5, 5.41) is 17.4. The Labute approximate surface area is 127 Å². The summed E-state index contributed by atoms with van der Waals surface area (Å²) in [6.45, 7) is 0. The molecule has 0 radical (unpaired) electrons. The number of rotatable bonds is 4. The van der Waals surface area contributed by atoms with Crippen LogP contribution in [0.4, 0.5) is 16.2 Å². The van der Waals surface area contributed by atoms with E-state index in [-0.39, 0.29) is 0 Å². The van der Waals surface area contributed by atoms with E-state index in [0.29, 0.717) is 22.5 Å². The molecule has 2 aromatic carbocycles. The topological polar surface area (TPSA) is 113 Å². The van der Waals surface area contributed by atoms with E-state index in [4.69, 9.17) is 10.5 Å². The van der Waals surface area contributed by atoms with Crippen molar-refractivity contribution < 1.29 is 4.79 Å². The third-order valence-corrected chi connectivity index (χ3v) is 2.67. The van der Waals surface area contributed by atoms with Gasteiger partial charge in [-0.15, -0.1) is 0 Å². The smallest absolute Gasteiger partial charge is 0.297 e. The maximum atomic E-state index is 11.6.